The van der Waals surface area contributed by atoms with Crippen molar-refractivity contribution < 1.29 is 4.39 Å². The molecule has 1 unspecified atom stereocenters. The fourth-order valence-electron chi connectivity index (χ4n) is 3.39. The Balaban J connectivity index is 2.20. The van der Waals surface area contributed by atoms with Crippen LogP contribution in [0.5, 0.6) is 0 Å². The van der Waals surface area contributed by atoms with Gasteiger partial charge in [0.2, 0.25) is 0 Å². The number of rotatable bonds is 3. The molecule has 114 valence electrons. The maximum absolute atomic E-state index is 14.2. The summed E-state index contributed by atoms with van der Waals surface area (Å²) in [6.07, 6.45) is 3.45. The van der Waals surface area contributed by atoms with Gasteiger partial charge in [0.25, 0.3) is 0 Å². The fourth-order valence-corrected chi connectivity index (χ4v) is 3.39. The number of nitriles is 1. The molecule has 1 aliphatic rings. The number of aromatic nitrogens is 2. The minimum Gasteiger partial charge on any atom is -0.234 e. The van der Waals surface area contributed by atoms with Crippen LogP contribution in [0.4, 0.5) is 4.39 Å². The molecule has 0 bridgehead atoms. The van der Waals surface area contributed by atoms with Gasteiger partial charge in [0.05, 0.1) is 11.8 Å². The van der Waals surface area contributed by atoms with Crippen LogP contribution in [0.15, 0.2) is 24.3 Å². The van der Waals surface area contributed by atoms with E-state index in [-0.39, 0.29) is 17.7 Å². The van der Waals surface area contributed by atoms with E-state index in [1.54, 1.807) is 16.8 Å². The standard InChI is InChI=1S/C18H20FN3/c1-12(2)18-17-13(10-11-20)6-5-9-16(17)22(21-18)15-8-4-3-7-14(15)19/h3-4,7-8,12-13H,5-6,9-10H2,1-2H3. The highest BCUT2D eigenvalue weighted by Crippen LogP contribution is 2.39. The van der Waals surface area contributed by atoms with Crippen LogP contribution in [-0.4, -0.2) is 9.78 Å². The largest absolute Gasteiger partial charge is 0.234 e. The molecule has 0 saturated carbocycles. The van der Waals surface area contributed by atoms with Gasteiger partial charge >= 0.3 is 0 Å². The van der Waals surface area contributed by atoms with Crippen LogP contribution in [0.25, 0.3) is 5.69 Å². The highest BCUT2D eigenvalue weighted by atomic mass is 19.1. The second-order valence-electron chi connectivity index (χ2n) is 6.21. The molecule has 0 radical (unpaired) electrons. The predicted molar refractivity (Wildman–Crippen MR) is 83.5 cm³/mol. The van der Waals surface area contributed by atoms with Crippen molar-refractivity contribution in [2.75, 3.05) is 0 Å². The van der Waals surface area contributed by atoms with E-state index in [1.807, 2.05) is 6.07 Å². The van der Waals surface area contributed by atoms with Gasteiger partial charge in [-0.1, -0.05) is 26.0 Å². The van der Waals surface area contributed by atoms with Crippen molar-refractivity contribution in [1.82, 2.24) is 9.78 Å². The summed E-state index contributed by atoms with van der Waals surface area (Å²) in [5.74, 6) is 0.234. The molecule has 0 saturated heterocycles. The van der Waals surface area contributed by atoms with Gasteiger partial charge in [-0.2, -0.15) is 10.4 Å². The Morgan fingerprint density at radius 1 is 1.41 bits per heavy atom. The van der Waals surface area contributed by atoms with Crippen molar-refractivity contribution >= 4 is 0 Å². The average molecular weight is 297 g/mol. The third kappa shape index (κ3) is 2.41. The van der Waals surface area contributed by atoms with Gasteiger partial charge in [-0.25, -0.2) is 9.07 Å². The summed E-state index contributed by atoms with van der Waals surface area (Å²) in [6, 6.07) is 9.05. The van der Waals surface area contributed by atoms with E-state index in [1.165, 1.54) is 11.6 Å². The number of hydrogen-bond donors (Lipinski definition) is 0. The van der Waals surface area contributed by atoms with Crippen molar-refractivity contribution in [3.63, 3.8) is 0 Å². The third-order valence-corrected chi connectivity index (χ3v) is 4.39. The van der Waals surface area contributed by atoms with E-state index in [9.17, 15) is 4.39 Å². The third-order valence-electron chi connectivity index (χ3n) is 4.39. The number of para-hydroxylation sites is 1. The van der Waals surface area contributed by atoms with E-state index in [0.29, 0.717) is 12.1 Å². The van der Waals surface area contributed by atoms with Crippen LogP contribution in [0, 0.1) is 17.1 Å². The van der Waals surface area contributed by atoms with Crippen molar-refractivity contribution in [3.05, 3.63) is 47.0 Å². The summed E-state index contributed by atoms with van der Waals surface area (Å²) in [5, 5.41) is 13.8. The second-order valence-corrected chi connectivity index (χ2v) is 6.21. The first-order valence-electron chi connectivity index (χ1n) is 7.87. The van der Waals surface area contributed by atoms with Gasteiger partial charge in [-0.15, -0.1) is 0 Å². The summed E-state index contributed by atoms with van der Waals surface area (Å²) >= 11 is 0. The zero-order valence-corrected chi connectivity index (χ0v) is 13.0. The fraction of sp³-hybridized carbons (Fsp3) is 0.444. The summed E-state index contributed by atoms with van der Waals surface area (Å²) in [6.45, 7) is 4.21. The lowest BCUT2D eigenvalue weighted by atomic mass is 9.81. The Hall–Kier alpha value is -2.15. The first-order valence-corrected chi connectivity index (χ1v) is 7.87. The number of nitrogens with zero attached hydrogens (tertiary/aromatic N) is 3. The molecule has 1 aromatic carbocycles. The van der Waals surface area contributed by atoms with Crippen LogP contribution >= 0.6 is 0 Å². The molecule has 1 aliphatic carbocycles. The molecular formula is C18H20FN3. The first kappa shape index (κ1) is 14.8. The van der Waals surface area contributed by atoms with Crippen LogP contribution in [0.1, 0.15) is 61.9 Å². The molecule has 0 spiro atoms. The van der Waals surface area contributed by atoms with E-state index in [0.717, 1.165) is 30.7 Å². The highest BCUT2D eigenvalue weighted by Gasteiger charge is 2.30. The number of hydrogen-bond acceptors (Lipinski definition) is 2. The topological polar surface area (TPSA) is 41.6 Å². The molecule has 3 nitrogen and oxygen atoms in total. The van der Waals surface area contributed by atoms with E-state index >= 15 is 0 Å². The van der Waals surface area contributed by atoms with Gasteiger partial charge < -0.3 is 0 Å². The number of benzene rings is 1. The summed E-state index contributed by atoms with van der Waals surface area (Å²) in [4.78, 5) is 0. The zero-order valence-electron chi connectivity index (χ0n) is 13.0. The molecule has 3 rings (SSSR count). The van der Waals surface area contributed by atoms with Crippen LogP contribution in [-0.2, 0) is 6.42 Å². The summed E-state index contributed by atoms with van der Waals surface area (Å²) in [7, 11) is 0. The van der Waals surface area contributed by atoms with Gasteiger partial charge in [-0.05, 0) is 37.3 Å². The molecule has 0 fully saturated rings. The van der Waals surface area contributed by atoms with Crippen molar-refractivity contribution in [2.45, 2.75) is 51.4 Å². The second kappa shape index (κ2) is 5.92. The minimum absolute atomic E-state index is 0.228. The molecule has 2 aromatic rings. The van der Waals surface area contributed by atoms with Crippen LogP contribution in [0.3, 0.4) is 0 Å². The maximum atomic E-state index is 14.2. The Bertz CT molecular complexity index is 724. The minimum atomic E-state index is -0.259. The Kier molecular flexibility index (Phi) is 3.98. The van der Waals surface area contributed by atoms with Gasteiger partial charge in [0.1, 0.15) is 11.5 Å². The molecule has 0 amide bonds. The smallest absolute Gasteiger partial charge is 0.148 e. The molecular weight excluding hydrogens is 277 g/mol. The molecule has 1 atom stereocenters. The lowest BCUT2D eigenvalue weighted by molar-refractivity contribution is 0.542. The monoisotopic (exact) mass is 297 g/mol. The van der Waals surface area contributed by atoms with Gasteiger partial charge in [0.15, 0.2) is 0 Å². The number of fused-ring (bicyclic) bond motifs is 1. The Morgan fingerprint density at radius 2 is 2.18 bits per heavy atom. The molecule has 22 heavy (non-hydrogen) atoms. The SMILES string of the molecule is CC(C)c1nn(-c2ccccc2F)c2c1C(CC#N)CCC2. The molecule has 1 aromatic heterocycles. The van der Waals surface area contributed by atoms with Crippen LogP contribution < -0.4 is 0 Å². The molecule has 0 aliphatic heterocycles. The quantitative estimate of drug-likeness (QED) is 0.838. The van der Waals surface area contributed by atoms with E-state index in [2.05, 4.69) is 19.9 Å². The van der Waals surface area contributed by atoms with E-state index < -0.39 is 0 Å². The normalized spacial score (nSPS) is 17.3. The van der Waals surface area contributed by atoms with Gasteiger partial charge in [0, 0.05) is 23.6 Å². The lowest BCUT2D eigenvalue weighted by Crippen LogP contribution is -2.13. The van der Waals surface area contributed by atoms with Gasteiger partial charge in [-0.3, -0.25) is 0 Å². The van der Waals surface area contributed by atoms with Crippen molar-refractivity contribution in [2.24, 2.45) is 0 Å². The Labute approximate surface area is 130 Å². The predicted octanol–water partition coefficient (Wildman–Crippen LogP) is 4.47. The zero-order chi connectivity index (χ0) is 15.7. The van der Waals surface area contributed by atoms with Crippen molar-refractivity contribution in [1.29, 1.82) is 5.26 Å². The molecule has 1 heterocycles. The summed E-state index contributed by atoms with van der Waals surface area (Å²) < 4.78 is 16.0. The van der Waals surface area contributed by atoms with Crippen LogP contribution in [0.2, 0.25) is 0 Å². The number of halogens is 1. The summed E-state index contributed by atoms with van der Waals surface area (Å²) in [5.41, 5.74) is 3.79. The highest BCUT2D eigenvalue weighted by molar-refractivity contribution is 5.42. The Morgan fingerprint density at radius 3 is 2.86 bits per heavy atom. The first-order chi connectivity index (χ1) is 10.6. The van der Waals surface area contributed by atoms with Crippen molar-refractivity contribution in [3.8, 4) is 11.8 Å². The molecule has 4 heteroatoms. The average Bonchev–Trinajstić information content (AvgIpc) is 2.89. The van der Waals surface area contributed by atoms with E-state index in [4.69, 9.17) is 10.4 Å². The maximum Gasteiger partial charge on any atom is 0.148 e. The lowest BCUT2D eigenvalue weighted by Gasteiger charge is -2.22. The molecule has 0 N–H and O–H groups in total.